The van der Waals surface area contributed by atoms with Crippen LogP contribution >= 0.6 is 0 Å². The number of rotatable bonds is 6. The lowest BCUT2D eigenvalue weighted by molar-refractivity contribution is -0.140. The smallest absolute Gasteiger partial charge is 0.326 e. The Bertz CT molecular complexity index is 536. The predicted octanol–water partition coefficient (Wildman–Crippen LogP) is 2.91. The molecule has 0 radical (unpaired) electrons. The molecule has 0 unspecified atom stereocenters. The number of benzene rings is 1. The number of carbonyl (C=O) groups is 2. The number of piperidine rings is 1. The van der Waals surface area contributed by atoms with Gasteiger partial charge in [-0.25, -0.2) is 4.79 Å². The largest absolute Gasteiger partial charge is 0.480 e. The SMILES string of the molecule is CC[C@H](C)[C@H](NC(=O)c1ccc(N2CCCCC2)cc1)C(=O)O. The second kappa shape index (κ2) is 7.99. The van der Waals surface area contributed by atoms with E-state index in [4.69, 9.17) is 0 Å². The van der Waals surface area contributed by atoms with E-state index in [-0.39, 0.29) is 11.8 Å². The maximum absolute atomic E-state index is 12.3. The fourth-order valence-electron chi connectivity index (χ4n) is 2.88. The lowest BCUT2D eigenvalue weighted by atomic mass is 9.99. The molecule has 0 aromatic heterocycles. The molecular weight excluding hydrogens is 292 g/mol. The van der Waals surface area contributed by atoms with Crippen molar-refractivity contribution in [3.63, 3.8) is 0 Å². The van der Waals surface area contributed by atoms with Gasteiger partial charge in [0.25, 0.3) is 5.91 Å². The van der Waals surface area contributed by atoms with Gasteiger partial charge in [-0.2, -0.15) is 0 Å². The van der Waals surface area contributed by atoms with Gasteiger partial charge in [0.2, 0.25) is 0 Å². The van der Waals surface area contributed by atoms with Crippen molar-refractivity contribution in [3.05, 3.63) is 29.8 Å². The number of hydrogen-bond donors (Lipinski definition) is 2. The van der Waals surface area contributed by atoms with Crippen molar-refractivity contribution in [1.29, 1.82) is 0 Å². The van der Waals surface area contributed by atoms with Crippen LogP contribution in [0.4, 0.5) is 5.69 Å². The molecule has 5 heteroatoms. The third kappa shape index (κ3) is 4.47. The predicted molar refractivity (Wildman–Crippen MR) is 90.9 cm³/mol. The van der Waals surface area contributed by atoms with E-state index in [1.807, 2.05) is 26.0 Å². The van der Waals surface area contributed by atoms with Crippen LogP contribution in [0.1, 0.15) is 49.9 Å². The Kier molecular flexibility index (Phi) is 6.02. The van der Waals surface area contributed by atoms with Crippen LogP contribution in [0.25, 0.3) is 0 Å². The van der Waals surface area contributed by atoms with Crippen molar-refractivity contribution >= 4 is 17.6 Å². The van der Waals surface area contributed by atoms with Crippen molar-refractivity contribution in [1.82, 2.24) is 5.32 Å². The lowest BCUT2D eigenvalue weighted by Crippen LogP contribution is -2.45. The fraction of sp³-hybridized carbons (Fsp3) is 0.556. The van der Waals surface area contributed by atoms with Gasteiger partial charge in [-0.05, 0) is 49.4 Å². The summed E-state index contributed by atoms with van der Waals surface area (Å²) in [7, 11) is 0. The van der Waals surface area contributed by atoms with Gasteiger partial charge in [0.05, 0.1) is 0 Å². The molecule has 1 aliphatic heterocycles. The third-order valence-electron chi connectivity index (χ3n) is 4.62. The van der Waals surface area contributed by atoms with E-state index in [0.29, 0.717) is 12.0 Å². The zero-order chi connectivity index (χ0) is 16.8. The molecule has 1 aliphatic rings. The molecule has 1 heterocycles. The van der Waals surface area contributed by atoms with E-state index in [2.05, 4.69) is 10.2 Å². The Balaban J connectivity index is 2.03. The van der Waals surface area contributed by atoms with Crippen LogP contribution in [0.3, 0.4) is 0 Å². The van der Waals surface area contributed by atoms with Crippen LogP contribution in [-0.4, -0.2) is 36.1 Å². The number of aliphatic carboxylic acids is 1. The molecule has 126 valence electrons. The monoisotopic (exact) mass is 318 g/mol. The first-order chi connectivity index (χ1) is 11.0. The quantitative estimate of drug-likeness (QED) is 0.846. The molecule has 2 atom stereocenters. The lowest BCUT2D eigenvalue weighted by Gasteiger charge is -2.28. The van der Waals surface area contributed by atoms with Crippen molar-refractivity contribution in [2.75, 3.05) is 18.0 Å². The summed E-state index contributed by atoms with van der Waals surface area (Å²) in [6, 6.07) is 6.58. The summed E-state index contributed by atoms with van der Waals surface area (Å²) in [6.07, 6.45) is 4.39. The average molecular weight is 318 g/mol. The van der Waals surface area contributed by atoms with E-state index < -0.39 is 12.0 Å². The Morgan fingerprint density at radius 1 is 1.17 bits per heavy atom. The Morgan fingerprint density at radius 2 is 1.78 bits per heavy atom. The first-order valence-electron chi connectivity index (χ1n) is 8.41. The molecule has 23 heavy (non-hydrogen) atoms. The minimum absolute atomic E-state index is 0.107. The molecule has 0 aliphatic carbocycles. The van der Waals surface area contributed by atoms with Gasteiger partial charge in [0.15, 0.2) is 0 Å². The molecule has 0 bridgehead atoms. The highest BCUT2D eigenvalue weighted by Gasteiger charge is 2.25. The summed E-state index contributed by atoms with van der Waals surface area (Å²) in [5.74, 6) is -1.43. The molecule has 1 fully saturated rings. The van der Waals surface area contributed by atoms with Gasteiger partial charge in [0, 0.05) is 24.3 Å². The highest BCUT2D eigenvalue weighted by molar-refractivity contribution is 5.96. The highest BCUT2D eigenvalue weighted by atomic mass is 16.4. The number of nitrogens with zero attached hydrogens (tertiary/aromatic N) is 1. The van der Waals surface area contributed by atoms with Crippen LogP contribution < -0.4 is 10.2 Å². The molecule has 5 nitrogen and oxygen atoms in total. The van der Waals surface area contributed by atoms with Crippen molar-refractivity contribution in [2.45, 2.75) is 45.6 Å². The zero-order valence-corrected chi connectivity index (χ0v) is 13.9. The highest BCUT2D eigenvalue weighted by Crippen LogP contribution is 2.20. The number of anilines is 1. The van der Waals surface area contributed by atoms with E-state index in [1.165, 1.54) is 19.3 Å². The molecule has 1 aromatic carbocycles. The molecule has 0 saturated carbocycles. The summed E-state index contributed by atoms with van der Waals surface area (Å²) in [6.45, 7) is 5.86. The van der Waals surface area contributed by atoms with Crippen molar-refractivity contribution in [2.24, 2.45) is 5.92 Å². The number of carboxylic acid groups (broad SMARTS) is 1. The van der Waals surface area contributed by atoms with Gasteiger partial charge in [-0.3, -0.25) is 4.79 Å². The third-order valence-corrected chi connectivity index (χ3v) is 4.62. The number of amides is 1. The Labute approximate surface area is 137 Å². The summed E-state index contributed by atoms with van der Waals surface area (Å²) >= 11 is 0. The van der Waals surface area contributed by atoms with Crippen LogP contribution in [0.15, 0.2) is 24.3 Å². The summed E-state index contributed by atoms with van der Waals surface area (Å²) in [4.78, 5) is 25.9. The maximum Gasteiger partial charge on any atom is 0.326 e. The maximum atomic E-state index is 12.3. The van der Waals surface area contributed by atoms with Crippen molar-refractivity contribution < 1.29 is 14.7 Å². The van der Waals surface area contributed by atoms with Crippen LogP contribution in [-0.2, 0) is 4.79 Å². The summed E-state index contributed by atoms with van der Waals surface area (Å²) < 4.78 is 0. The van der Waals surface area contributed by atoms with Gasteiger partial charge < -0.3 is 15.3 Å². The standard InChI is InChI=1S/C18H26N2O3/c1-3-13(2)16(18(22)23)19-17(21)14-7-9-15(10-8-14)20-11-5-4-6-12-20/h7-10,13,16H,3-6,11-12H2,1-2H3,(H,19,21)(H,22,23)/t13-,16-/m0/s1. The van der Waals surface area contributed by atoms with Crippen LogP contribution in [0, 0.1) is 5.92 Å². The van der Waals surface area contributed by atoms with Gasteiger partial charge in [0.1, 0.15) is 6.04 Å². The first-order valence-corrected chi connectivity index (χ1v) is 8.41. The van der Waals surface area contributed by atoms with Crippen LogP contribution in [0.2, 0.25) is 0 Å². The number of nitrogens with one attached hydrogen (secondary N) is 1. The van der Waals surface area contributed by atoms with Crippen LogP contribution in [0.5, 0.6) is 0 Å². The van der Waals surface area contributed by atoms with Crippen molar-refractivity contribution in [3.8, 4) is 0 Å². The molecule has 1 saturated heterocycles. The zero-order valence-electron chi connectivity index (χ0n) is 13.9. The van der Waals surface area contributed by atoms with E-state index >= 15 is 0 Å². The molecule has 1 aromatic rings. The van der Waals surface area contributed by atoms with E-state index in [0.717, 1.165) is 18.8 Å². The topological polar surface area (TPSA) is 69.6 Å². The first kappa shape index (κ1) is 17.3. The average Bonchev–Trinajstić information content (AvgIpc) is 2.59. The second-order valence-corrected chi connectivity index (χ2v) is 6.27. The van der Waals surface area contributed by atoms with E-state index in [1.54, 1.807) is 12.1 Å². The minimum Gasteiger partial charge on any atom is -0.480 e. The number of carboxylic acids is 1. The Morgan fingerprint density at radius 3 is 2.30 bits per heavy atom. The second-order valence-electron chi connectivity index (χ2n) is 6.27. The van der Waals surface area contributed by atoms with E-state index in [9.17, 15) is 14.7 Å². The molecule has 2 N–H and O–H groups in total. The van der Waals surface area contributed by atoms with Gasteiger partial charge in [-0.1, -0.05) is 20.3 Å². The minimum atomic E-state index is -0.988. The summed E-state index contributed by atoms with van der Waals surface area (Å²) in [5.41, 5.74) is 1.62. The normalized spacial score (nSPS) is 17.4. The summed E-state index contributed by atoms with van der Waals surface area (Å²) in [5, 5.41) is 11.9. The van der Waals surface area contributed by atoms with Gasteiger partial charge in [-0.15, -0.1) is 0 Å². The molecule has 1 amide bonds. The molecule has 0 spiro atoms. The fourth-order valence-corrected chi connectivity index (χ4v) is 2.88. The number of hydrogen-bond acceptors (Lipinski definition) is 3. The van der Waals surface area contributed by atoms with Gasteiger partial charge >= 0.3 is 5.97 Å². The molecular formula is C18H26N2O3. The molecule has 2 rings (SSSR count). The number of carbonyl (C=O) groups excluding carboxylic acids is 1. The Hall–Kier alpha value is -2.04.